The Morgan fingerprint density at radius 3 is 2.83 bits per heavy atom. The van der Waals surface area contributed by atoms with Crippen LogP contribution in [-0.4, -0.2) is 53.0 Å². The fourth-order valence-corrected chi connectivity index (χ4v) is 3.89. The highest BCUT2D eigenvalue weighted by atomic mass is 32.2. The van der Waals surface area contributed by atoms with Crippen molar-refractivity contribution in [2.24, 2.45) is 0 Å². The predicted octanol–water partition coefficient (Wildman–Crippen LogP) is 1.14. The van der Waals surface area contributed by atoms with Crippen LogP contribution in [0.1, 0.15) is 19.8 Å². The lowest BCUT2D eigenvalue weighted by Crippen LogP contribution is -2.49. The van der Waals surface area contributed by atoms with Gasteiger partial charge in [0, 0.05) is 19.2 Å². The van der Waals surface area contributed by atoms with E-state index in [1.807, 2.05) is 0 Å². The van der Waals surface area contributed by atoms with Gasteiger partial charge in [0.05, 0.1) is 25.2 Å². The number of benzene rings is 1. The van der Waals surface area contributed by atoms with E-state index >= 15 is 0 Å². The van der Waals surface area contributed by atoms with Gasteiger partial charge in [0.1, 0.15) is 11.8 Å². The van der Waals surface area contributed by atoms with Crippen LogP contribution in [0.4, 0.5) is 5.69 Å². The standard InChI is InChI=1S/C16H24N2O5S/c1-12(16(19)17-11-15-8-5-9-23-15)18(24(3,20)21)13-6-4-7-14(10-13)22-2/h4,6-7,10,12,15H,5,8-9,11H2,1-3H3,(H,17,19)/t12-,15-/m1/s1. The summed E-state index contributed by atoms with van der Waals surface area (Å²) >= 11 is 0. The van der Waals surface area contributed by atoms with Crippen LogP contribution in [0.3, 0.4) is 0 Å². The minimum Gasteiger partial charge on any atom is -0.497 e. The quantitative estimate of drug-likeness (QED) is 0.792. The van der Waals surface area contributed by atoms with Crippen molar-refractivity contribution >= 4 is 21.6 Å². The van der Waals surface area contributed by atoms with Gasteiger partial charge in [-0.2, -0.15) is 0 Å². The second-order valence-corrected chi connectivity index (χ2v) is 7.68. The van der Waals surface area contributed by atoms with Crippen LogP contribution in [0.2, 0.25) is 0 Å². The van der Waals surface area contributed by atoms with Crippen molar-refractivity contribution in [3.8, 4) is 5.75 Å². The Hall–Kier alpha value is -1.80. The Kier molecular flexibility index (Phi) is 6.06. The molecule has 1 fully saturated rings. The lowest BCUT2D eigenvalue weighted by molar-refractivity contribution is -0.122. The van der Waals surface area contributed by atoms with Gasteiger partial charge in [-0.1, -0.05) is 6.07 Å². The SMILES string of the molecule is COc1cccc(N([C@H](C)C(=O)NC[C@H]2CCCO2)S(C)(=O)=O)c1. The lowest BCUT2D eigenvalue weighted by Gasteiger charge is -2.28. The molecule has 0 aliphatic carbocycles. The van der Waals surface area contributed by atoms with Crippen LogP contribution in [0, 0.1) is 0 Å². The van der Waals surface area contributed by atoms with Crippen molar-refractivity contribution in [1.82, 2.24) is 5.32 Å². The van der Waals surface area contributed by atoms with Gasteiger partial charge in [0.15, 0.2) is 0 Å². The first-order valence-corrected chi connectivity index (χ1v) is 9.70. The smallest absolute Gasteiger partial charge is 0.243 e. The van der Waals surface area contributed by atoms with Gasteiger partial charge in [-0.25, -0.2) is 8.42 Å². The van der Waals surface area contributed by atoms with E-state index in [1.165, 1.54) is 7.11 Å². The third-order valence-corrected chi connectivity index (χ3v) is 5.17. The van der Waals surface area contributed by atoms with Crippen molar-refractivity contribution in [1.29, 1.82) is 0 Å². The van der Waals surface area contributed by atoms with Gasteiger partial charge < -0.3 is 14.8 Å². The van der Waals surface area contributed by atoms with Crippen molar-refractivity contribution < 1.29 is 22.7 Å². The molecule has 0 saturated carbocycles. The van der Waals surface area contributed by atoms with Gasteiger partial charge in [-0.3, -0.25) is 9.10 Å². The van der Waals surface area contributed by atoms with Crippen molar-refractivity contribution in [3.05, 3.63) is 24.3 Å². The molecule has 1 saturated heterocycles. The largest absolute Gasteiger partial charge is 0.497 e. The number of nitrogens with zero attached hydrogens (tertiary/aromatic N) is 1. The summed E-state index contributed by atoms with van der Waals surface area (Å²) in [5.74, 6) is 0.159. The number of ether oxygens (including phenoxy) is 2. The zero-order chi connectivity index (χ0) is 17.7. The lowest BCUT2D eigenvalue weighted by atomic mass is 10.2. The van der Waals surface area contributed by atoms with Crippen LogP contribution >= 0.6 is 0 Å². The number of rotatable bonds is 7. The van der Waals surface area contributed by atoms with Crippen molar-refractivity contribution in [2.45, 2.75) is 31.9 Å². The van der Waals surface area contributed by atoms with Gasteiger partial charge in [-0.05, 0) is 31.9 Å². The summed E-state index contributed by atoms with van der Waals surface area (Å²) in [4.78, 5) is 12.4. The highest BCUT2D eigenvalue weighted by molar-refractivity contribution is 7.92. The topological polar surface area (TPSA) is 84.9 Å². The number of anilines is 1. The molecule has 1 heterocycles. The first-order valence-electron chi connectivity index (χ1n) is 7.85. The molecule has 2 atom stereocenters. The van der Waals surface area contributed by atoms with E-state index in [0.717, 1.165) is 23.4 Å². The van der Waals surface area contributed by atoms with E-state index in [4.69, 9.17) is 9.47 Å². The number of sulfonamides is 1. The summed E-state index contributed by atoms with van der Waals surface area (Å²) in [6, 6.07) is 5.74. The van der Waals surface area contributed by atoms with Crippen LogP contribution in [0.25, 0.3) is 0 Å². The molecule has 0 unspecified atom stereocenters. The van der Waals surface area contributed by atoms with E-state index in [2.05, 4.69) is 5.32 Å². The Balaban J connectivity index is 2.15. The molecule has 8 heteroatoms. The second-order valence-electron chi connectivity index (χ2n) is 5.82. The highest BCUT2D eigenvalue weighted by Gasteiger charge is 2.30. The maximum Gasteiger partial charge on any atom is 0.243 e. The van der Waals surface area contributed by atoms with E-state index < -0.39 is 16.1 Å². The molecule has 1 aromatic carbocycles. The Labute approximate surface area is 143 Å². The zero-order valence-corrected chi connectivity index (χ0v) is 15.0. The van der Waals surface area contributed by atoms with Crippen molar-refractivity contribution in [3.63, 3.8) is 0 Å². The molecular weight excluding hydrogens is 332 g/mol. The number of methoxy groups -OCH3 is 1. The third kappa shape index (κ3) is 4.61. The Morgan fingerprint density at radius 2 is 2.25 bits per heavy atom. The number of amides is 1. The summed E-state index contributed by atoms with van der Waals surface area (Å²) in [5.41, 5.74) is 0.386. The zero-order valence-electron chi connectivity index (χ0n) is 14.2. The molecule has 24 heavy (non-hydrogen) atoms. The summed E-state index contributed by atoms with van der Waals surface area (Å²) in [7, 11) is -2.14. The van der Waals surface area contributed by atoms with Crippen LogP contribution in [0.15, 0.2) is 24.3 Å². The predicted molar refractivity (Wildman–Crippen MR) is 91.8 cm³/mol. The summed E-state index contributed by atoms with van der Waals surface area (Å²) < 4.78 is 36.1. The average Bonchev–Trinajstić information content (AvgIpc) is 3.05. The average molecular weight is 356 g/mol. The molecule has 0 spiro atoms. The van der Waals surface area contributed by atoms with Gasteiger partial charge in [0.25, 0.3) is 0 Å². The highest BCUT2D eigenvalue weighted by Crippen LogP contribution is 2.25. The number of hydrogen-bond acceptors (Lipinski definition) is 5. The van der Waals surface area contributed by atoms with E-state index in [9.17, 15) is 13.2 Å². The van der Waals surface area contributed by atoms with Gasteiger partial charge in [0.2, 0.25) is 15.9 Å². The molecule has 1 amide bonds. The van der Waals surface area contributed by atoms with E-state index in [0.29, 0.717) is 24.6 Å². The van der Waals surface area contributed by atoms with E-state index in [1.54, 1.807) is 31.2 Å². The minimum absolute atomic E-state index is 0.00431. The molecule has 1 aliphatic heterocycles. The molecule has 0 bridgehead atoms. The number of hydrogen-bond donors (Lipinski definition) is 1. The van der Waals surface area contributed by atoms with Gasteiger partial charge in [-0.15, -0.1) is 0 Å². The molecule has 1 aliphatic rings. The van der Waals surface area contributed by atoms with Crippen molar-refractivity contribution in [2.75, 3.05) is 30.8 Å². The molecule has 1 aromatic rings. The maximum absolute atomic E-state index is 12.4. The molecule has 134 valence electrons. The monoisotopic (exact) mass is 356 g/mol. The second kappa shape index (κ2) is 7.85. The normalized spacial score (nSPS) is 18.9. The number of nitrogens with one attached hydrogen (secondary N) is 1. The third-order valence-electron chi connectivity index (χ3n) is 3.92. The van der Waals surface area contributed by atoms with E-state index in [-0.39, 0.29) is 12.0 Å². The minimum atomic E-state index is -3.64. The number of carbonyl (C=O) groups excluding carboxylic acids is 1. The molecule has 1 N–H and O–H groups in total. The summed E-state index contributed by atoms with van der Waals surface area (Å²) in [6.45, 7) is 2.65. The first kappa shape index (κ1) is 18.5. The molecule has 0 radical (unpaired) electrons. The Morgan fingerprint density at radius 1 is 1.50 bits per heavy atom. The molecule has 2 rings (SSSR count). The first-order chi connectivity index (χ1) is 11.3. The molecule has 0 aromatic heterocycles. The van der Waals surface area contributed by atoms with Crippen LogP contribution < -0.4 is 14.4 Å². The number of carbonyl (C=O) groups is 1. The van der Waals surface area contributed by atoms with Crippen LogP contribution in [0.5, 0.6) is 5.75 Å². The summed E-state index contributed by atoms with van der Waals surface area (Å²) in [5, 5.41) is 2.77. The fraction of sp³-hybridized carbons (Fsp3) is 0.562. The Bertz CT molecular complexity index is 671. The maximum atomic E-state index is 12.4. The molecule has 7 nitrogen and oxygen atoms in total. The van der Waals surface area contributed by atoms with Gasteiger partial charge >= 0.3 is 0 Å². The summed E-state index contributed by atoms with van der Waals surface area (Å²) in [6.07, 6.45) is 2.97. The molecular formula is C16H24N2O5S. The van der Waals surface area contributed by atoms with Crippen LogP contribution in [-0.2, 0) is 19.6 Å². The fourth-order valence-electron chi connectivity index (χ4n) is 2.72.